The van der Waals surface area contributed by atoms with Gasteiger partial charge in [0.05, 0.1) is 18.2 Å². The Balaban J connectivity index is 1.36. The molecule has 2 N–H and O–H groups in total. The third-order valence-corrected chi connectivity index (χ3v) is 9.27. The molecule has 0 aromatic heterocycles. The van der Waals surface area contributed by atoms with Gasteiger partial charge in [-0.2, -0.15) is 13.2 Å². The molecule has 49 heavy (non-hydrogen) atoms. The van der Waals surface area contributed by atoms with Crippen molar-refractivity contribution in [3.05, 3.63) is 71.3 Å². The van der Waals surface area contributed by atoms with Crippen LogP contribution in [0.4, 0.5) is 18.0 Å². The number of ether oxygens (including phenoxy) is 2. The van der Waals surface area contributed by atoms with E-state index >= 15 is 0 Å². The van der Waals surface area contributed by atoms with Gasteiger partial charge in [-0.15, -0.1) is 0 Å². The van der Waals surface area contributed by atoms with E-state index in [1.54, 1.807) is 30.6 Å². The molecule has 0 bridgehead atoms. The molecule has 1 aliphatic carbocycles. The fourth-order valence-electron chi connectivity index (χ4n) is 7.24. The van der Waals surface area contributed by atoms with Gasteiger partial charge in [0.1, 0.15) is 23.9 Å². The molecule has 2 aromatic rings. The van der Waals surface area contributed by atoms with Gasteiger partial charge in [0.25, 0.3) is 0 Å². The fourth-order valence-corrected chi connectivity index (χ4v) is 7.24. The van der Waals surface area contributed by atoms with Crippen LogP contribution in [-0.2, 0) is 31.9 Å². The van der Waals surface area contributed by atoms with Crippen molar-refractivity contribution in [3.63, 3.8) is 0 Å². The minimum atomic E-state index is -4.63. The van der Waals surface area contributed by atoms with Gasteiger partial charge in [0, 0.05) is 38.5 Å². The van der Waals surface area contributed by atoms with Crippen LogP contribution in [0.1, 0.15) is 63.8 Å². The lowest BCUT2D eigenvalue weighted by molar-refractivity contribution is -0.153. The summed E-state index contributed by atoms with van der Waals surface area (Å²) in [6, 6.07) is 16.0. The number of rotatable bonds is 9. The van der Waals surface area contributed by atoms with Crippen LogP contribution in [0.25, 0.3) is 0 Å². The number of aliphatic hydroxyl groups excluding tert-OH is 1. The second-order valence-corrected chi connectivity index (χ2v) is 14.7. The van der Waals surface area contributed by atoms with Crippen LogP contribution >= 0.6 is 0 Å². The number of alkyl halides is 3. The summed E-state index contributed by atoms with van der Waals surface area (Å²) >= 11 is 0. The summed E-state index contributed by atoms with van der Waals surface area (Å²) in [6.07, 6.45) is -5.58. The standard InChI is InChI=1S/C36H47F3N4O6/c1-34(2,3)49-33(47)42-16-15-41(28(21-42)31(45)40-22-36(37,38)39)20-26(44)18-25(17-23-11-7-6-8-12-23)32(46)43-30-27-14-10-9-13-24(27)19-29(30)48-35(43,4)5/h6-14,25-26,28-30,44H,15-22H2,1-5H3,(H,40,45)/t25?,26-,28-,29+,30-/m0/s1. The number of hydrogen-bond acceptors (Lipinski definition) is 7. The van der Waals surface area contributed by atoms with E-state index in [1.165, 1.54) is 4.90 Å². The van der Waals surface area contributed by atoms with Crippen molar-refractivity contribution < 1.29 is 42.1 Å². The molecule has 3 aliphatic rings. The summed E-state index contributed by atoms with van der Waals surface area (Å²) < 4.78 is 51.0. The molecule has 1 unspecified atom stereocenters. The molecule has 0 spiro atoms. The number of β-amino-alcohol motifs (C(OH)–C–C–N with tert-alkyl or cyclic N) is 1. The van der Waals surface area contributed by atoms with Crippen LogP contribution in [0.3, 0.4) is 0 Å². The number of nitrogens with zero attached hydrogens (tertiary/aromatic N) is 3. The van der Waals surface area contributed by atoms with Gasteiger partial charge in [0.15, 0.2) is 0 Å². The third kappa shape index (κ3) is 8.92. The minimum Gasteiger partial charge on any atom is -0.444 e. The Hall–Kier alpha value is -3.68. The van der Waals surface area contributed by atoms with Gasteiger partial charge in [-0.1, -0.05) is 54.6 Å². The molecule has 2 fully saturated rings. The number of carbonyl (C=O) groups is 3. The van der Waals surface area contributed by atoms with Crippen LogP contribution in [0.5, 0.6) is 0 Å². The van der Waals surface area contributed by atoms with E-state index in [0.29, 0.717) is 12.8 Å². The van der Waals surface area contributed by atoms with Gasteiger partial charge < -0.3 is 29.7 Å². The van der Waals surface area contributed by atoms with Crippen molar-refractivity contribution in [1.29, 1.82) is 0 Å². The summed E-state index contributed by atoms with van der Waals surface area (Å²) in [5, 5.41) is 13.5. The quantitative estimate of drug-likeness (QED) is 0.401. The Morgan fingerprint density at radius 1 is 1.04 bits per heavy atom. The van der Waals surface area contributed by atoms with E-state index in [0.717, 1.165) is 16.7 Å². The van der Waals surface area contributed by atoms with Crippen molar-refractivity contribution in [2.45, 2.75) is 95.7 Å². The second kappa shape index (κ2) is 14.3. The average Bonchev–Trinajstić information content (AvgIpc) is 3.48. The largest absolute Gasteiger partial charge is 0.444 e. The van der Waals surface area contributed by atoms with Gasteiger partial charge in [-0.05, 0) is 64.2 Å². The normalized spacial score (nSPS) is 23.4. The number of benzene rings is 2. The van der Waals surface area contributed by atoms with Crippen LogP contribution in [0.2, 0.25) is 0 Å². The molecule has 2 aliphatic heterocycles. The number of amides is 3. The van der Waals surface area contributed by atoms with E-state index in [2.05, 4.69) is 0 Å². The summed E-state index contributed by atoms with van der Waals surface area (Å²) in [6.45, 7) is 7.21. The van der Waals surface area contributed by atoms with E-state index in [1.807, 2.05) is 73.8 Å². The first-order chi connectivity index (χ1) is 22.9. The molecule has 2 heterocycles. The highest BCUT2D eigenvalue weighted by molar-refractivity contribution is 5.83. The molecule has 2 saturated heterocycles. The fraction of sp³-hybridized carbons (Fsp3) is 0.583. The first-order valence-electron chi connectivity index (χ1n) is 16.8. The maximum Gasteiger partial charge on any atom is 0.410 e. The predicted molar refractivity (Wildman–Crippen MR) is 175 cm³/mol. The van der Waals surface area contributed by atoms with Crippen molar-refractivity contribution in [2.24, 2.45) is 5.92 Å². The molecule has 2 aromatic carbocycles. The van der Waals surface area contributed by atoms with Crippen LogP contribution in [0, 0.1) is 5.92 Å². The minimum absolute atomic E-state index is 0.0303. The van der Waals surface area contributed by atoms with Gasteiger partial charge in [0.2, 0.25) is 11.8 Å². The monoisotopic (exact) mass is 688 g/mol. The molecule has 10 nitrogen and oxygen atoms in total. The van der Waals surface area contributed by atoms with Crippen molar-refractivity contribution in [2.75, 3.05) is 32.7 Å². The topological polar surface area (TPSA) is 112 Å². The number of fused-ring (bicyclic) bond motifs is 3. The molecule has 268 valence electrons. The van der Waals surface area contributed by atoms with Gasteiger partial charge in [-0.25, -0.2) is 4.79 Å². The number of carbonyl (C=O) groups excluding carboxylic acids is 3. The average molecular weight is 689 g/mol. The molecule has 5 atom stereocenters. The molecular weight excluding hydrogens is 641 g/mol. The molecule has 13 heteroatoms. The SMILES string of the molecule is CC(C)(C)OC(=O)N1CCN(C[C@@H](O)CC(Cc2ccccc2)C(=O)N2[C@H]3c4ccccc4C[C@H]3OC2(C)C)[C@H](C(=O)NCC(F)(F)F)C1. The van der Waals surface area contributed by atoms with Crippen molar-refractivity contribution in [1.82, 2.24) is 20.0 Å². The number of piperazine rings is 1. The van der Waals surface area contributed by atoms with E-state index < -0.39 is 54.1 Å². The maximum atomic E-state index is 14.6. The molecule has 0 radical (unpaired) electrons. The molecule has 3 amide bonds. The Kier molecular flexibility index (Phi) is 10.7. The van der Waals surface area contributed by atoms with E-state index in [9.17, 15) is 32.7 Å². The first kappa shape index (κ1) is 36.6. The third-order valence-electron chi connectivity index (χ3n) is 9.27. The number of nitrogens with one attached hydrogen (secondary N) is 1. The predicted octanol–water partition coefficient (Wildman–Crippen LogP) is 4.46. The summed E-state index contributed by atoms with van der Waals surface area (Å²) in [5.41, 5.74) is 1.37. The molecule has 0 saturated carbocycles. The number of aliphatic hydroxyl groups is 1. The lowest BCUT2D eigenvalue weighted by atomic mass is 9.90. The highest BCUT2D eigenvalue weighted by Crippen LogP contribution is 2.49. The lowest BCUT2D eigenvalue weighted by Crippen LogP contribution is -2.62. The zero-order chi connectivity index (χ0) is 35.7. The van der Waals surface area contributed by atoms with Crippen LogP contribution in [0.15, 0.2) is 54.6 Å². The maximum absolute atomic E-state index is 14.6. The smallest absolute Gasteiger partial charge is 0.410 e. The highest BCUT2D eigenvalue weighted by atomic mass is 19.4. The van der Waals surface area contributed by atoms with Crippen molar-refractivity contribution in [3.8, 4) is 0 Å². The van der Waals surface area contributed by atoms with Gasteiger partial charge in [-0.3, -0.25) is 14.5 Å². The lowest BCUT2D eigenvalue weighted by Gasteiger charge is -2.42. The Bertz CT molecular complexity index is 1500. The summed E-state index contributed by atoms with van der Waals surface area (Å²) in [4.78, 5) is 45.2. The van der Waals surface area contributed by atoms with Crippen molar-refractivity contribution >= 4 is 17.9 Å². The summed E-state index contributed by atoms with van der Waals surface area (Å²) in [5.74, 6) is -1.77. The summed E-state index contributed by atoms with van der Waals surface area (Å²) in [7, 11) is 0. The Labute approximate surface area is 285 Å². The zero-order valence-electron chi connectivity index (χ0n) is 28.7. The van der Waals surface area contributed by atoms with Gasteiger partial charge >= 0.3 is 12.3 Å². The van der Waals surface area contributed by atoms with E-state index in [-0.39, 0.29) is 50.7 Å². The second-order valence-electron chi connectivity index (χ2n) is 14.7. The van der Waals surface area contributed by atoms with Crippen LogP contribution in [-0.4, -0.2) is 106 Å². The zero-order valence-corrected chi connectivity index (χ0v) is 28.7. The highest BCUT2D eigenvalue weighted by Gasteiger charge is 2.54. The number of hydrogen-bond donors (Lipinski definition) is 2. The Morgan fingerprint density at radius 3 is 2.39 bits per heavy atom. The first-order valence-corrected chi connectivity index (χ1v) is 16.8. The molecule has 5 rings (SSSR count). The molecular formula is C36H47F3N4O6. The number of halogens is 3. The van der Waals surface area contributed by atoms with Crippen LogP contribution < -0.4 is 5.32 Å². The Morgan fingerprint density at radius 2 is 1.71 bits per heavy atom. The van der Waals surface area contributed by atoms with E-state index in [4.69, 9.17) is 9.47 Å².